The monoisotopic (exact) mass is 265 g/mol. The van der Waals surface area contributed by atoms with Crippen LogP contribution >= 0.6 is 0 Å². The zero-order valence-corrected chi connectivity index (χ0v) is 11.9. The number of rotatable bonds is 4. The molecule has 1 aliphatic rings. The molecule has 3 nitrogen and oxygen atoms in total. The van der Waals surface area contributed by atoms with Gasteiger partial charge in [-0.2, -0.15) is 0 Å². The molecule has 0 bridgehead atoms. The first kappa shape index (κ1) is 14.1. The average Bonchev–Trinajstić information content (AvgIpc) is 2.37. The first-order valence-electron chi connectivity index (χ1n) is 7.08. The highest BCUT2D eigenvalue weighted by Crippen LogP contribution is 2.25. The Bertz CT molecular complexity index is 412. The number of nitrogen functional groups attached to an aromatic ring is 1. The predicted octanol–water partition coefficient (Wildman–Crippen LogP) is 2.58. The lowest BCUT2D eigenvalue weighted by Crippen LogP contribution is -2.47. The topological polar surface area (TPSA) is 32.5 Å². The number of halogens is 1. The minimum absolute atomic E-state index is 0.267. The van der Waals surface area contributed by atoms with E-state index in [2.05, 4.69) is 23.6 Å². The predicted molar refractivity (Wildman–Crippen MR) is 78.9 cm³/mol. The lowest BCUT2D eigenvalue weighted by Gasteiger charge is -2.36. The molecule has 1 aromatic carbocycles. The third-order valence-corrected chi connectivity index (χ3v) is 3.73. The Morgan fingerprint density at radius 1 is 1.21 bits per heavy atom. The van der Waals surface area contributed by atoms with Gasteiger partial charge in [0.05, 0.1) is 11.4 Å². The van der Waals surface area contributed by atoms with Crippen molar-refractivity contribution in [2.45, 2.75) is 20.3 Å². The summed E-state index contributed by atoms with van der Waals surface area (Å²) in [6, 6.07) is 4.67. The van der Waals surface area contributed by atoms with E-state index in [0.29, 0.717) is 5.69 Å². The van der Waals surface area contributed by atoms with Crippen LogP contribution in [0.4, 0.5) is 15.8 Å². The van der Waals surface area contributed by atoms with E-state index in [4.69, 9.17) is 5.73 Å². The van der Waals surface area contributed by atoms with Crippen LogP contribution in [0.1, 0.15) is 20.3 Å². The van der Waals surface area contributed by atoms with Crippen LogP contribution < -0.4 is 10.6 Å². The molecule has 0 aliphatic carbocycles. The van der Waals surface area contributed by atoms with E-state index >= 15 is 0 Å². The minimum atomic E-state index is -0.267. The molecule has 0 unspecified atom stereocenters. The molecule has 0 amide bonds. The lowest BCUT2D eigenvalue weighted by molar-refractivity contribution is 0.244. The van der Waals surface area contributed by atoms with E-state index in [-0.39, 0.29) is 5.82 Å². The normalized spacial score (nSPS) is 17.2. The van der Waals surface area contributed by atoms with Gasteiger partial charge >= 0.3 is 0 Å². The number of piperazine rings is 1. The van der Waals surface area contributed by atoms with E-state index in [1.807, 2.05) is 0 Å². The molecule has 4 heteroatoms. The summed E-state index contributed by atoms with van der Waals surface area (Å²) in [5, 5.41) is 0. The van der Waals surface area contributed by atoms with Crippen molar-refractivity contribution in [3.05, 3.63) is 24.0 Å². The third kappa shape index (κ3) is 3.83. The second kappa shape index (κ2) is 6.24. The highest BCUT2D eigenvalue weighted by atomic mass is 19.1. The molecule has 106 valence electrons. The lowest BCUT2D eigenvalue weighted by atomic mass is 10.1. The van der Waals surface area contributed by atoms with Crippen molar-refractivity contribution in [1.29, 1.82) is 0 Å². The molecular weight excluding hydrogens is 241 g/mol. The molecule has 0 radical (unpaired) electrons. The Kier molecular flexibility index (Phi) is 4.64. The summed E-state index contributed by atoms with van der Waals surface area (Å²) in [6.07, 6.45) is 1.25. The zero-order chi connectivity index (χ0) is 13.8. The quantitative estimate of drug-likeness (QED) is 0.849. The molecule has 1 aromatic rings. The number of hydrogen-bond acceptors (Lipinski definition) is 3. The van der Waals surface area contributed by atoms with Gasteiger partial charge in [0.2, 0.25) is 0 Å². The molecule has 19 heavy (non-hydrogen) atoms. The van der Waals surface area contributed by atoms with Crippen molar-refractivity contribution >= 4 is 11.4 Å². The highest BCUT2D eigenvalue weighted by Gasteiger charge is 2.18. The van der Waals surface area contributed by atoms with Crippen molar-refractivity contribution in [2.24, 2.45) is 5.92 Å². The summed E-state index contributed by atoms with van der Waals surface area (Å²) in [4.78, 5) is 4.75. The van der Waals surface area contributed by atoms with Gasteiger partial charge in [0.25, 0.3) is 0 Å². The summed E-state index contributed by atoms with van der Waals surface area (Å²) < 4.78 is 13.0. The van der Waals surface area contributed by atoms with Crippen molar-refractivity contribution in [2.75, 3.05) is 43.4 Å². The highest BCUT2D eigenvalue weighted by molar-refractivity contribution is 5.67. The minimum Gasteiger partial charge on any atom is -0.397 e. The van der Waals surface area contributed by atoms with Crippen LogP contribution in [-0.2, 0) is 0 Å². The molecule has 0 atom stereocenters. The van der Waals surface area contributed by atoms with Gasteiger partial charge in [-0.3, -0.25) is 4.90 Å². The Balaban J connectivity index is 1.89. The number of nitrogens with two attached hydrogens (primary N) is 1. The van der Waals surface area contributed by atoms with Crippen LogP contribution in [0.25, 0.3) is 0 Å². The van der Waals surface area contributed by atoms with Crippen molar-refractivity contribution in [3.63, 3.8) is 0 Å². The van der Waals surface area contributed by atoms with E-state index in [1.165, 1.54) is 25.1 Å². The van der Waals surface area contributed by atoms with Gasteiger partial charge in [-0.05, 0) is 37.1 Å². The molecule has 2 N–H and O–H groups in total. The van der Waals surface area contributed by atoms with E-state index in [1.54, 1.807) is 6.07 Å². The first-order chi connectivity index (χ1) is 9.06. The van der Waals surface area contributed by atoms with Crippen LogP contribution in [0, 0.1) is 11.7 Å². The summed E-state index contributed by atoms with van der Waals surface area (Å²) in [5.41, 5.74) is 7.39. The van der Waals surface area contributed by atoms with E-state index in [9.17, 15) is 4.39 Å². The smallest absolute Gasteiger partial charge is 0.125 e. The molecule has 1 fully saturated rings. The largest absolute Gasteiger partial charge is 0.397 e. The van der Waals surface area contributed by atoms with Gasteiger partial charge in [-0.25, -0.2) is 4.39 Å². The first-order valence-corrected chi connectivity index (χ1v) is 7.08. The van der Waals surface area contributed by atoms with Gasteiger partial charge in [0.1, 0.15) is 5.82 Å². The summed E-state index contributed by atoms with van der Waals surface area (Å²) >= 11 is 0. The van der Waals surface area contributed by atoms with Gasteiger partial charge < -0.3 is 10.6 Å². The van der Waals surface area contributed by atoms with E-state index in [0.717, 1.165) is 37.8 Å². The van der Waals surface area contributed by atoms with Gasteiger partial charge in [0, 0.05) is 26.2 Å². The molecule has 1 saturated heterocycles. The molecular formula is C15H24FN3. The second-order valence-corrected chi connectivity index (χ2v) is 5.71. The molecule has 0 spiro atoms. The van der Waals surface area contributed by atoms with E-state index < -0.39 is 0 Å². The van der Waals surface area contributed by atoms with Crippen LogP contribution in [0.5, 0.6) is 0 Å². The number of hydrogen-bond donors (Lipinski definition) is 1. The third-order valence-electron chi connectivity index (χ3n) is 3.73. The standard InChI is InChI=1S/C15H24FN3/c1-12(2)5-6-18-7-9-19(10-8-18)15-4-3-13(16)11-14(15)17/h3-4,11-12H,5-10,17H2,1-2H3. The van der Waals surface area contributed by atoms with Crippen LogP contribution in [0.3, 0.4) is 0 Å². The van der Waals surface area contributed by atoms with Crippen LogP contribution in [-0.4, -0.2) is 37.6 Å². The average molecular weight is 265 g/mol. The fraction of sp³-hybridized carbons (Fsp3) is 0.600. The Labute approximate surface area is 115 Å². The maximum atomic E-state index is 13.0. The fourth-order valence-electron chi connectivity index (χ4n) is 2.47. The molecule has 1 aliphatic heterocycles. The van der Waals surface area contributed by atoms with Crippen molar-refractivity contribution in [3.8, 4) is 0 Å². The molecule has 0 aromatic heterocycles. The Hall–Kier alpha value is -1.29. The Morgan fingerprint density at radius 3 is 2.47 bits per heavy atom. The van der Waals surface area contributed by atoms with Gasteiger partial charge in [0.15, 0.2) is 0 Å². The zero-order valence-electron chi connectivity index (χ0n) is 11.9. The number of benzene rings is 1. The molecule has 2 rings (SSSR count). The van der Waals surface area contributed by atoms with Crippen LogP contribution in [0.2, 0.25) is 0 Å². The second-order valence-electron chi connectivity index (χ2n) is 5.71. The molecule has 1 heterocycles. The number of anilines is 2. The van der Waals surface area contributed by atoms with Crippen molar-refractivity contribution < 1.29 is 4.39 Å². The van der Waals surface area contributed by atoms with Gasteiger partial charge in [-0.1, -0.05) is 13.8 Å². The molecule has 0 saturated carbocycles. The summed E-state index contributed by atoms with van der Waals surface area (Å²) in [5.74, 6) is 0.489. The van der Waals surface area contributed by atoms with Gasteiger partial charge in [-0.15, -0.1) is 0 Å². The maximum absolute atomic E-state index is 13.0. The van der Waals surface area contributed by atoms with Crippen LogP contribution in [0.15, 0.2) is 18.2 Å². The Morgan fingerprint density at radius 2 is 1.89 bits per heavy atom. The summed E-state index contributed by atoms with van der Waals surface area (Å²) in [6.45, 7) is 9.74. The maximum Gasteiger partial charge on any atom is 0.125 e. The summed E-state index contributed by atoms with van der Waals surface area (Å²) in [7, 11) is 0. The SMILES string of the molecule is CC(C)CCN1CCN(c2ccc(F)cc2N)CC1. The number of nitrogens with zero attached hydrogens (tertiary/aromatic N) is 2. The fourth-order valence-corrected chi connectivity index (χ4v) is 2.47. The van der Waals surface area contributed by atoms with Crippen molar-refractivity contribution in [1.82, 2.24) is 4.90 Å².